The Labute approximate surface area is 209 Å². The smallest absolute Gasteiger partial charge is 0.185 e. The number of Topliss-reactive ketones (excluding diaryl/α,β-unsaturated/α-hetero) is 1. The first-order chi connectivity index (χ1) is 17.2. The lowest BCUT2D eigenvalue weighted by Crippen LogP contribution is -2.36. The fourth-order valence-electron chi connectivity index (χ4n) is 5.23. The number of ketones is 1. The number of benzene rings is 2. The van der Waals surface area contributed by atoms with E-state index in [0.717, 1.165) is 94.1 Å². The minimum atomic E-state index is 0.198. The number of nitrogens with zero attached hydrogens (tertiary/aromatic N) is 2. The van der Waals surface area contributed by atoms with Crippen molar-refractivity contribution in [2.24, 2.45) is 5.92 Å². The van der Waals surface area contributed by atoms with E-state index in [1.165, 1.54) is 11.4 Å². The maximum atomic E-state index is 13.4. The maximum absolute atomic E-state index is 13.4. The summed E-state index contributed by atoms with van der Waals surface area (Å²) in [7, 11) is 0. The summed E-state index contributed by atoms with van der Waals surface area (Å²) in [5, 5.41) is 0. The van der Waals surface area contributed by atoms with Crippen molar-refractivity contribution >= 4 is 29.3 Å². The summed E-state index contributed by atoms with van der Waals surface area (Å²) >= 11 is 0. The van der Waals surface area contributed by atoms with Crippen molar-refractivity contribution in [3.8, 4) is 0 Å². The van der Waals surface area contributed by atoms with Gasteiger partial charge >= 0.3 is 0 Å². The molecule has 1 aliphatic carbocycles. The Morgan fingerprint density at radius 3 is 1.49 bits per heavy atom. The molecule has 3 fully saturated rings. The summed E-state index contributed by atoms with van der Waals surface area (Å²) < 4.78 is 10.9. The predicted molar refractivity (Wildman–Crippen MR) is 143 cm³/mol. The van der Waals surface area contributed by atoms with E-state index in [2.05, 4.69) is 77.4 Å². The predicted octanol–water partition coefficient (Wildman–Crippen LogP) is 5.22. The average Bonchev–Trinajstić information content (AvgIpc) is 2.92. The lowest BCUT2D eigenvalue weighted by molar-refractivity contribution is -0.113. The zero-order valence-corrected chi connectivity index (χ0v) is 20.7. The SMILES string of the molecule is CCC1C/C(=C/c2ccc(N3CCOCC3)cc2)C(=O)/C(=C/c2ccc(N3CCOCC3)cc2)C1. The second-order valence-electron chi connectivity index (χ2n) is 9.73. The van der Waals surface area contributed by atoms with Crippen LogP contribution < -0.4 is 9.80 Å². The van der Waals surface area contributed by atoms with E-state index in [1.54, 1.807) is 0 Å². The molecule has 0 aromatic heterocycles. The Kier molecular flexibility index (Phi) is 7.65. The molecule has 1 unspecified atom stereocenters. The first-order valence-electron chi connectivity index (χ1n) is 13.0. The van der Waals surface area contributed by atoms with E-state index in [9.17, 15) is 4.79 Å². The summed E-state index contributed by atoms with van der Waals surface area (Å²) in [4.78, 5) is 18.1. The molecule has 5 nitrogen and oxygen atoms in total. The quantitative estimate of drug-likeness (QED) is 0.559. The number of ether oxygens (including phenoxy) is 2. The third-order valence-electron chi connectivity index (χ3n) is 7.40. The van der Waals surface area contributed by atoms with Crippen LogP contribution in [0.25, 0.3) is 12.2 Å². The lowest BCUT2D eigenvalue weighted by atomic mass is 9.78. The van der Waals surface area contributed by atoms with E-state index in [-0.39, 0.29) is 5.78 Å². The van der Waals surface area contributed by atoms with Crippen LogP contribution >= 0.6 is 0 Å². The van der Waals surface area contributed by atoms with Crippen LogP contribution in [0.1, 0.15) is 37.3 Å². The second kappa shape index (κ2) is 11.2. The molecule has 0 bridgehead atoms. The van der Waals surface area contributed by atoms with Crippen LogP contribution in [0.3, 0.4) is 0 Å². The van der Waals surface area contributed by atoms with Crippen LogP contribution in [0, 0.1) is 5.92 Å². The van der Waals surface area contributed by atoms with Crippen LogP contribution in [0.5, 0.6) is 0 Å². The molecule has 5 heteroatoms. The lowest BCUT2D eigenvalue weighted by Gasteiger charge is -2.29. The van der Waals surface area contributed by atoms with Gasteiger partial charge in [0, 0.05) is 48.7 Å². The van der Waals surface area contributed by atoms with E-state index >= 15 is 0 Å². The number of rotatable bonds is 5. The van der Waals surface area contributed by atoms with Crippen LogP contribution in [0.4, 0.5) is 11.4 Å². The largest absolute Gasteiger partial charge is 0.378 e. The molecule has 0 N–H and O–H groups in total. The molecule has 184 valence electrons. The normalized spacial score (nSPS) is 23.8. The summed E-state index contributed by atoms with van der Waals surface area (Å²) in [5.74, 6) is 0.703. The number of allylic oxidation sites excluding steroid dienone is 2. The summed E-state index contributed by atoms with van der Waals surface area (Å²) in [6, 6.07) is 17.2. The minimum Gasteiger partial charge on any atom is -0.378 e. The number of morpholine rings is 2. The Morgan fingerprint density at radius 1 is 0.714 bits per heavy atom. The minimum absolute atomic E-state index is 0.198. The third kappa shape index (κ3) is 5.85. The van der Waals surface area contributed by atoms with E-state index in [1.807, 2.05) is 0 Å². The summed E-state index contributed by atoms with van der Waals surface area (Å²) in [6.45, 7) is 9.07. The van der Waals surface area contributed by atoms with E-state index in [0.29, 0.717) is 5.92 Å². The monoisotopic (exact) mass is 472 g/mol. The van der Waals surface area contributed by atoms with Gasteiger partial charge in [-0.3, -0.25) is 4.79 Å². The van der Waals surface area contributed by atoms with E-state index in [4.69, 9.17) is 9.47 Å². The number of carbonyl (C=O) groups excluding carboxylic acids is 1. The highest BCUT2D eigenvalue weighted by atomic mass is 16.5. The topological polar surface area (TPSA) is 42.0 Å². The molecular formula is C30H36N2O3. The molecule has 2 saturated heterocycles. The summed E-state index contributed by atoms with van der Waals surface area (Å²) in [6.07, 6.45) is 6.99. The zero-order valence-electron chi connectivity index (χ0n) is 20.7. The van der Waals surface area contributed by atoms with Crippen LogP contribution in [-0.4, -0.2) is 58.4 Å². The highest BCUT2D eigenvalue weighted by Crippen LogP contribution is 2.34. The molecule has 35 heavy (non-hydrogen) atoms. The molecule has 3 aliphatic rings. The van der Waals surface area contributed by atoms with Crippen LogP contribution in [0.2, 0.25) is 0 Å². The Morgan fingerprint density at radius 2 is 1.11 bits per heavy atom. The molecule has 0 radical (unpaired) electrons. The van der Waals surface area contributed by atoms with Gasteiger partial charge in [0.1, 0.15) is 0 Å². The number of hydrogen-bond donors (Lipinski definition) is 0. The highest BCUT2D eigenvalue weighted by Gasteiger charge is 2.27. The number of carbonyl (C=O) groups is 1. The van der Waals surface area contributed by atoms with E-state index < -0.39 is 0 Å². The highest BCUT2D eigenvalue weighted by molar-refractivity contribution is 6.14. The van der Waals surface area contributed by atoms with Gasteiger partial charge < -0.3 is 19.3 Å². The molecule has 5 rings (SSSR count). The van der Waals surface area contributed by atoms with Gasteiger partial charge in [0.2, 0.25) is 0 Å². The number of anilines is 2. The van der Waals surface area contributed by atoms with Crippen molar-refractivity contribution in [2.45, 2.75) is 26.2 Å². The van der Waals surface area contributed by atoms with Crippen molar-refractivity contribution < 1.29 is 14.3 Å². The molecule has 2 heterocycles. The Bertz CT molecular complexity index is 976. The summed E-state index contributed by atoms with van der Waals surface area (Å²) in [5.41, 5.74) is 6.49. The van der Waals surface area contributed by atoms with Crippen molar-refractivity contribution in [3.05, 3.63) is 70.8 Å². The molecule has 2 aromatic rings. The molecule has 0 spiro atoms. The fourth-order valence-corrected chi connectivity index (χ4v) is 5.23. The number of hydrogen-bond acceptors (Lipinski definition) is 5. The zero-order chi connectivity index (χ0) is 24.0. The Balaban J connectivity index is 1.32. The van der Waals surface area contributed by atoms with Gasteiger partial charge in [-0.15, -0.1) is 0 Å². The van der Waals surface area contributed by atoms with Crippen molar-refractivity contribution in [2.75, 3.05) is 62.4 Å². The molecule has 1 saturated carbocycles. The van der Waals surface area contributed by atoms with Crippen LogP contribution in [0.15, 0.2) is 59.7 Å². The first-order valence-corrected chi connectivity index (χ1v) is 13.0. The Hall–Kier alpha value is -2.89. The van der Waals surface area contributed by atoms with Crippen molar-refractivity contribution in [3.63, 3.8) is 0 Å². The molecular weight excluding hydrogens is 436 g/mol. The third-order valence-corrected chi connectivity index (χ3v) is 7.40. The molecule has 2 aromatic carbocycles. The fraction of sp³-hybridized carbons (Fsp3) is 0.433. The van der Waals surface area contributed by atoms with Gasteiger partial charge in [0.15, 0.2) is 5.78 Å². The molecule has 0 amide bonds. The van der Waals surface area contributed by atoms with Crippen LogP contribution in [-0.2, 0) is 14.3 Å². The van der Waals surface area contributed by atoms with Gasteiger partial charge in [-0.2, -0.15) is 0 Å². The van der Waals surface area contributed by atoms with Crippen molar-refractivity contribution in [1.82, 2.24) is 0 Å². The molecule has 2 aliphatic heterocycles. The van der Waals surface area contributed by atoms with Crippen molar-refractivity contribution in [1.29, 1.82) is 0 Å². The van der Waals surface area contributed by atoms with Gasteiger partial charge in [-0.25, -0.2) is 0 Å². The van der Waals surface area contributed by atoms with Gasteiger partial charge in [0.05, 0.1) is 26.4 Å². The van der Waals surface area contributed by atoms with Gasteiger partial charge in [-0.05, 0) is 66.3 Å². The first kappa shape index (κ1) is 23.8. The second-order valence-corrected chi connectivity index (χ2v) is 9.73. The standard InChI is InChI=1S/C30H36N2O3/c1-2-23-19-26(21-24-3-7-28(8-4-24)31-11-15-34-16-12-31)30(33)27(20-23)22-25-5-9-29(10-6-25)32-13-17-35-18-14-32/h3-10,21-23H,2,11-20H2,1H3/b26-21-,27-22+. The van der Waals surface area contributed by atoms with Gasteiger partial charge in [0.25, 0.3) is 0 Å². The average molecular weight is 473 g/mol. The van der Waals surface area contributed by atoms with Gasteiger partial charge in [-0.1, -0.05) is 37.6 Å². The molecule has 1 atom stereocenters. The maximum Gasteiger partial charge on any atom is 0.185 e.